The highest BCUT2D eigenvalue weighted by atomic mass is 19.3. The van der Waals surface area contributed by atoms with Crippen LogP contribution in [0, 0.1) is 0 Å². The maximum atomic E-state index is 13.6. The average Bonchev–Trinajstić information content (AvgIpc) is 2.67. The first kappa shape index (κ1) is 11.3. The van der Waals surface area contributed by atoms with E-state index in [1.54, 1.807) is 0 Å². The van der Waals surface area contributed by atoms with Crippen LogP contribution in [-0.4, -0.2) is 27.8 Å². The smallest absolute Gasteiger partial charge is 0.362 e. The Bertz CT molecular complexity index is 394. The number of aromatic amines is 1. The van der Waals surface area contributed by atoms with Gasteiger partial charge in [0.2, 0.25) is 0 Å². The Hall–Kier alpha value is -1.18. The van der Waals surface area contributed by atoms with Gasteiger partial charge < -0.3 is 10.1 Å². The molecule has 0 radical (unpaired) electrons. The number of H-pyrrole nitrogens is 1. The molecule has 16 heavy (non-hydrogen) atoms. The fourth-order valence-electron chi connectivity index (χ4n) is 1.68. The van der Waals surface area contributed by atoms with Crippen LogP contribution in [0.1, 0.15) is 5.69 Å². The number of hydrogen-bond donors (Lipinski definition) is 2. The van der Waals surface area contributed by atoms with Gasteiger partial charge in [-0.3, -0.25) is 0 Å². The SMILES string of the molecule is OC1(F)C(F)(F)C(F)(F)C1(F)c1ccc[nH]1. The topological polar surface area (TPSA) is 36.0 Å². The summed E-state index contributed by atoms with van der Waals surface area (Å²) in [5, 5.41) is 8.58. The van der Waals surface area contributed by atoms with Gasteiger partial charge >= 0.3 is 17.7 Å². The lowest BCUT2D eigenvalue weighted by Crippen LogP contribution is -2.84. The highest BCUT2D eigenvalue weighted by Gasteiger charge is 2.99. The predicted molar refractivity (Wildman–Crippen MR) is 39.5 cm³/mol. The fraction of sp³-hybridized carbons (Fsp3) is 0.500. The van der Waals surface area contributed by atoms with E-state index >= 15 is 0 Å². The van der Waals surface area contributed by atoms with Crippen molar-refractivity contribution in [3.63, 3.8) is 0 Å². The molecular weight excluding hydrogens is 240 g/mol. The largest absolute Gasteiger partial charge is 0.375 e. The third kappa shape index (κ3) is 0.783. The van der Waals surface area contributed by atoms with Crippen molar-refractivity contribution in [2.24, 2.45) is 0 Å². The summed E-state index contributed by atoms with van der Waals surface area (Å²) in [4.78, 5) is 1.84. The van der Waals surface area contributed by atoms with Gasteiger partial charge in [-0.05, 0) is 12.1 Å². The maximum absolute atomic E-state index is 13.6. The summed E-state index contributed by atoms with van der Waals surface area (Å²) in [6, 6.07) is 1.66. The summed E-state index contributed by atoms with van der Waals surface area (Å²) < 4.78 is 77.5. The summed E-state index contributed by atoms with van der Waals surface area (Å²) in [5.41, 5.74) is -5.62. The molecule has 1 aromatic heterocycles. The lowest BCUT2D eigenvalue weighted by Gasteiger charge is -2.54. The Balaban J connectivity index is 2.59. The number of aromatic nitrogens is 1. The standard InChI is InChI=1S/C8H5F6NO/c9-5(4-2-1-3-15-4)6(10,11)7(12,13)8(5,14)16/h1-3,15-16H. The van der Waals surface area contributed by atoms with Crippen LogP contribution in [0.3, 0.4) is 0 Å². The van der Waals surface area contributed by atoms with E-state index in [1.165, 1.54) is 0 Å². The zero-order chi connectivity index (χ0) is 12.4. The Morgan fingerprint density at radius 2 is 1.56 bits per heavy atom. The quantitative estimate of drug-likeness (QED) is 0.730. The van der Waals surface area contributed by atoms with Crippen LogP contribution < -0.4 is 0 Å². The van der Waals surface area contributed by atoms with Crippen LogP contribution >= 0.6 is 0 Å². The molecule has 1 heterocycles. The molecule has 2 atom stereocenters. The second kappa shape index (κ2) is 2.55. The molecule has 1 aromatic rings. The Kier molecular flexibility index (Phi) is 1.81. The highest BCUT2D eigenvalue weighted by Crippen LogP contribution is 2.70. The molecule has 0 aliphatic heterocycles. The summed E-state index contributed by atoms with van der Waals surface area (Å²) in [6.07, 6.45) is 0.944. The first-order valence-corrected chi connectivity index (χ1v) is 4.10. The minimum Gasteiger partial charge on any atom is -0.362 e. The van der Waals surface area contributed by atoms with Crippen molar-refractivity contribution in [2.45, 2.75) is 23.4 Å². The lowest BCUT2D eigenvalue weighted by molar-refractivity contribution is -0.501. The molecule has 0 amide bonds. The zero-order valence-electron chi connectivity index (χ0n) is 7.45. The Labute approximate surface area is 84.9 Å². The van der Waals surface area contributed by atoms with Gasteiger partial charge in [-0.1, -0.05) is 0 Å². The Morgan fingerprint density at radius 3 is 1.94 bits per heavy atom. The van der Waals surface area contributed by atoms with Gasteiger partial charge in [0.05, 0.1) is 5.69 Å². The molecule has 90 valence electrons. The molecule has 1 saturated carbocycles. The van der Waals surface area contributed by atoms with Crippen molar-refractivity contribution >= 4 is 0 Å². The summed E-state index contributed by atoms with van der Waals surface area (Å²) in [6.45, 7) is 0. The van der Waals surface area contributed by atoms with Gasteiger partial charge in [0, 0.05) is 6.20 Å². The Morgan fingerprint density at radius 1 is 1.00 bits per heavy atom. The van der Waals surface area contributed by atoms with Crippen LogP contribution in [0.15, 0.2) is 18.3 Å². The van der Waals surface area contributed by atoms with E-state index in [1.807, 2.05) is 4.98 Å². The first-order valence-electron chi connectivity index (χ1n) is 4.10. The summed E-state index contributed by atoms with van der Waals surface area (Å²) in [7, 11) is 0. The molecule has 2 N–H and O–H groups in total. The van der Waals surface area contributed by atoms with Gasteiger partial charge in [-0.15, -0.1) is 0 Å². The summed E-state index contributed by atoms with van der Waals surface area (Å²) >= 11 is 0. The van der Waals surface area contributed by atoms with Crippen LogP contribution in [0.4, 0.5) is 26.3 Å². The van der Waals surface area contributed by atoms with Crippen LogP contribution in [0.5, 0.6) is 0 Å². The molecule has 0 bridgehead atoms. The van der Waals surface area contributed by atoms with E-state index in [0.717, 1.165) is 12.3 Å². The molecule has 8 heteroatoms. The van der Waals surface area contributed by atoms with E-state index in [-0.39, 0.29) is 0 Å². The number of rotatable bonds is 1. The van der Waals surface area contributed by atoms with Crippen LogP contribution in [0.2, 0.25) is 0 Å². The van der Waals surface area contributed by atoms with E-state index in [0.29, 0.717) is 6.07 Å². The molecule has 1 aliphatic rings. The number of alkyl halides is 6. The van der Waals surface area contributed by atoms with Crippen LogP contribution in [-0.2, 0) is 5.67 Å². The molecule has 2 rings (SSSR count). The molecule has 0 aromatic carbocycles. The number of hydrogen-bond acceptors (Lipinski definition) is 1. The van der Waals surface area contributed by atoms with Crippen molar-refractivity contribution in [3.8, 4) is 0 Å². The zero-order valence-corrected chi connectivity index (χ0v) is 7.45. The first-order chi connectivity index (χ1) is 7.11. The van der Waals surface area contributed by atoms with E-state index in [9.17, 15) is 26.3 Å². The lowest BCUT2D eigenvalue weighted by atomic mass is 9.66. The molecule has 0 spiro atoms. The third-order valence-corrected chi connectivity index (χ3v) is 2.67. The van der Waals surface area contributed by atoms with Crippen molar-refractivity contribution < 1.29 is 31.4 Å². The molecule has 2 unspecified atom stereocenters. The molecular formula is C8H5F6NO. The molecule has 0 saturated heterocycles. The second-order valence-electron chi connectivity index (χ2n) is 3.51. The van der Waals surface area contributed by atoms with E-state index in [4.69, 9.17) is 5.11 Å². The van der Waals surface area contributed by atoms with Gasteiger partial charge in [0.1, 0.15) is 0 Å². The maximum Gasteiger partial charge on any atom is 0.375 e. The van der Waals surface area contributed by atoms with Crippen molar-refractivity contribution in [1.82, 2.24) is 4.98 Å². The van der Waals surface area contributed by atoms with Gasteiger partial charge in [-0.25, -0.2) is 8.78 Å². The number of halogens is 6. The van der Waals surface area contributed by atoms with Gasteiger partial charge in [0.25, 0.3) is 5.67 Å². The minimum atomic E-state index is -5.47. The van der Waals surface area contributed by atoms with E-state index in [2.05, 4.69) is 0 Å². The van der Waals surface area contributed by atoms with Crippen molar-refractivity contribution in [2.75, 3.05) is 0 Å². The van der Waals surface area contributed by atoms with Crippen molar-refractivity contribution in [3.05, 3.63) is 24.0 Å². The molecule has 1 aliphatic carbocycles. The third-order valence-electron chi connectivity index (χ3n) is 2.67. The predicted octanol–water partition coefficient (Wildman–Crippen LogP) is 2.12. The van der Waals surface area contributed by atoms with Gasteiger partial charge in [0.15, 0.2) is 0 Å². The second-order valence-corrected chi connectivity index (χ2v) is 3.51. The van der Waals surface area contributed by atoms with Gasteiger partial charge in [-0.2, -0.15) is 17.6 Å². The monoisotopic (exact) mass is 245 g/mol. The summed E-state index contributed by atoms with van der Waals surface area (Å²) in [5.74, 6) is -15.7. The van der Waals surface area contributed by atoms with Crippen molar-refractivity contribution in [1.29, 1.82) is 0 Å². The molecule has 1 fully saturated rings. The number of aliphatic hydroxyl groups is 1. The highest BCUT2D eigenvalue weighted by molar-refractivity contribution is 5.35. The average molecular weight is 245 g/mol. The minimum absolute atomic E-state index is 0.647. The van der Waals surface area contributed by atoms with Crippen LogP contribution in [0.25, 0.3) is 0 Å². The number of nitrogens with one attached hydrogen (secondary N) is 1. The van der Waals surface area contributed by atoms with E-state index < -0.39 is 29.1 Å². The fourth-order valence-corrected chi connectivity index (χ4v) is 1.68. The molecule has 2 nitrogen and oxygen atoms in total. The normalized spacial score (nSPS) is 40.4.